The molecule has 0 amide bonds. The fourth-order valence-corrected chi connectivity index (χ4v) is 3.01. The summed E-state index contributed by atoms with van der Waals surface area (Å²) in [6, 6.07) is 4.52. The van der Waals surface area contributed by atoms with E-state index in [-0.39, 0.29) is 5.92 Å². The number of carbonyl (C=O) groups is 1. The lowest BCUT2D eigenvalue weighted by molar-refractivity contribution is 0.0885. The Morgan fingerprint density at radius 2 is 2.13 bits per heavy atom. The standard InChI is InChI=1S/C12H17NOS/c1-13-10-6-4-9(5-7-10)12(14)11-3-2-8-15-11/h2-3,8-10,13H,4-7H2,1H3. The normalized spacial score (nSPS) is 26.5. The van der Waals surface area contributed by atoms with Crippen molar-refractivity contribution in [2.75, 3.05) is 7.05 Å². The van der Waals surface area contributed by atoms with Crippen LogP contribution < -0.4 is 5.32 Å². The van der Waals surface area contributed by atoms with Gasteiger partial charge in [0, 0.05) is 12.0 Å². The van der Waals surface area contributed by atoms with Crippen molar-refractivity contribution in [3.8, 4) is 0 Å². The molecule has 1 heterocycles. The summed E-state index contributed by atoms with van der Waals surface area (Å²) in [5.41, 5.74) is 0. The Hall–Kier alpha value is -0.670. The molecule has 1 fully saturated rings. The topological polar surface area (TPSA) is 29.1 Å². The van der Waals surface area contributed by atoms with Gasteiger partial charge < -0.3 is 5.32 Å². The van der Waals surface area contributed by atoms with E-state index in [4.69, 9.17) is 0 Å². The van der Waals surface area contributed by atoms with Gasteiger partial charge in [-0.05, 0) is 44.2 Å². The average Bonchev–Trinajstić information content (AvgIpc) is 2.82. The number of Topliss-reactive ketones (excluding diaryl/α,β-unsaturated/α-hetero) is 1. The van der Waals surface area contributed by atoms with E-state index in [1.165, 1.54) is 0 Å². The van der Waals surface area contributed by atoms with Crippen LogP contribution in [0.25, 0.3) is 0 Å². The van der Waals surface area contributed by atoms with Gasteiger partial charge in [-0.3, -0.25) is 4.79 Å². The van der Waals surface area contributed by atoms with Crippen LogP contribution in [0, 0.1) is 5.92 Å². The molecule has 3 heteroatoms. The Bertz CT molecular complexity index is 312. The molecular formula is C12H17NOS. The van der Waals surface area contributed by atoms with Crippen LogP contribution in [0.3, 0.4) is 0 Å². The first-order valence-corrected chi connectivity index (χ1v) is 6.44. The van der Waals surface area contributed by atoms with Crippen LogP contribution in [0.1, 0.15) is 35.4 Å². The third-order valence-electron chi connectivity index (χ3n) is 3.27. The summed E-state index contributed by atoms with van der Waals surface area (Å²) in [6.45, 7) is 0. The maximum Gasteiger partial charge on any atom is 0.175 e. The highest BCUT2D eigenvalue weighted by Crippen LogP contribution is 2.28. The first kappa shape index (κ1) is 10.8. The van der Waals surface area contributed by atoms with Crippen molar-refractivity contribution in [2.24, 2.45) is 5.92 Å². The van der Waals surface area contributed by atoms with Gasteiger partial charge in [-0.1, -0.05) is 6.07 Å². The van der Waals surface area contributed by atoms with Crippen molar-refractivity contribution < 1.29 is 4.79 Å². The van der Waals surface area contributed by atoms with Crippen molar-refractivity contribution in [1.29, 1.82) is 0 Å². The van der Waals surface area contributed by atoms with Crippen molar-refractivity contribution in [3.05, 3.63) is 22.4 Å². The average molecular weight is 223 g/mol. The fourth-order valence-electron chi connectivity index (χ4n) is 2.26. The number of carbonyl (C=O) groups excluding carboxylic acids is 1. The first-order valence-electron chi connectivity index (χ1n) is 5.56. The van der Waals surface area contributed by atoms with E-state index in [9.17, 15) is 4.79 Å². The summed E-state index contributed by atoms with van der Waals surface area (Å²) in [5, 5.41) is 5.27. The first-order chi connectivity index (χ1) is 7.31. The van der Waals surface area contributed by atoms with Gasteiger partial charge in [0.25, 0.3) is 0 Å². The molecule has 0 unspecified atom stereocenters. The number of rotatable bonds is 3. The Kier molecular flexibility index (Phi) is 3.54. The van der Waals surface area contributed by atoms with Crippen LogP contribution in [0.4, 0.5) is 0 Å². The Morgan fingerprint density at radius 3 is 2.67 bits per heavy atom. The summed E-state index contributed by atoms with van der Waals surface area (Å²) in [7, 11) is 2.01. The zero-order valence-corrected chi connectivity index (χ0v) is 9.85. The maximum atomic E-state index is 12.0. The highest BCUT2D eigenvalue weighted by atomic mass is 32.1. The predicted octanol–water partition coefficient (Wildman–Crippen LogP) is 2.71. The van der Waals surface area contributed by atoms with Gasteiger partial charge in [0.2, 0.25) is 0 Å². The molecule has 0 bridgehead atoms. The van der Waals surface area contributed by atoms with Gasteiger partial charge in [-0.15, -0.1) is 11.3 Å². The molecule has 1 aliphatic carbocycles. The second-order valence-corrected chi connectivity index (χ2v) is 5.13. The predicted molar refractivity (Wildman–Crippen MR) is 63.5 cm³/mol. The van der Waals surface area contributed by atoms with Gasteiger partial charge in [-0.2, -0.15) is 0 Å². The minimum atomic E-state index is 0.272. The molecule has 1 saturated carbocycles. The molecule has 0 radical (unpaired) electrons. The number of hydrogen-bond acceptors (Lipinski definition) is 3. The maximum absolute atomic E-state index is 12.0. The van der Waals surface area contributed by atoms with Crippen LogP contribution in [-0.4, -0.2) is 18.9 Å². The molecule has 1 aliphatic rings. The third kappa shape index (κ3) is 2.47. The molecule has 0 aromatic carbocycles. The lowest BCUT2D eigenvalue weighted by Gasteiger charge is -2.26. The van der Waals surface area contributed by atoms with E-state index in [1.54, 1.807) is 11.3 Å². The van der Waals surface area contributed by atoms with Gasteiger partial charge in [0.05, 0.1) is 4.88 Å². The number of nitrogens with one attached hydrogen (secondary N) is 1. The van der Waals surface area contributed by atoms with Gasteiger partial charge in [0.15, 0.2) is 5.78 Å². The van der Waals surface area contributed by atoms with Crippen LogP contribution in [0.15, 0.2) is 17.5 Å². The van der Waals surface area contributed by atoms with E-state index in [0.29, 0.717) is 11.8 Å². The van der Waals surface area contributed by atoms with Crippen molar-refractivity contribution in [1.82, 2.24) is 5.32 Å². The summed E-state index contributed by atoms with van der Waals surface area (Å²) in [4.78, 5) is 13.0. The molecule has 1 aromatic rings. The number of hydrogen-bond donors (Lipinski definition) is 1. The molecule has 1 N–H and O–H groups in total. The molecule has 1 aromatic heterocycles. The molecule has 2 rings (SSSR count). The molecule has 0 saturated heterocycles. The van der Waals surface area contributed by atoms with E-state index in [1.807, 2.05) is 24.6 Å². The van der Waals surface area contributed by atoms with Crippen molar-refractivity contribution in [2.45, 2.75) is 31.7 Å². The SMILES string of the molecule is CNC1CCC(C(=O)c2cccs2)CC1. The van der Waals surface area contributed by atoms with Gasteiger partial charge in [0.1, 0.15) is 0 Å². The highest BCUT2D eigenvalue weighted by Gasteiger charge is 2.26. The summed E-state index contributed by atoms with van der Waals surface area (Å²) < 4.78 is 0. The second kappa shape index (κ2) is 4.90. The smallest absolute Gasteiger partial charge is 0.175 e. The second-order valence-electron chi connectivity index (χ2n) is 4.18. The van der Waals surface area contributed by atoms with E-state index in [0.717, 1.165) is 30.6 Å². The zero-order chi connectivity index (χ0) is 10.7. The molecule has 0 atom stereocenters. The van der Waals surface area contributed by atoms with Crippen LogP contribution >= 0.6 is 11.3 Å². The van der Waals surface area contributed by atoms with Gasteiger partial charge >= 0.3 is 0 Å². The molecule has 2 nitrogen and oxygen atoms in total. The summed E-state index contributed by atoms with van der Waals surface area (Å²) in [6.07, 6.45) is 4.36. The Morgan fingerprint density at radius 1 is 1.40 bits per heavy atom. The minimum absolute atomic E-state index is 0.272. The monoisotopic (exact) mass is 223 g/mol. The molecule has 15 heavy (non-hydrogen) atoms. The van der Waals surface area contributed by atoms with Crippen molar-refractivity contribution in [3.63, 3.8) is 0 Å². The van der Waals surface area contributed by atoms with E-state index in [2.05, 4.69) is 5.32 Å². The molecular weight excluding hydrogens is 206 g/mol. The van der Waals surface area contributed by atoms with E-state index < -0.39 is 0 Å². The van der Waals surface area contributed by atoms with Crippen LogP contribution in [0.2, 0.25) is 0 Å². The molecule has 0 spiro atoms. The Labute approximate surface area is 94.7 Å². The summed E-state index contributed by atoms with van der Waals surface area (Å²) in [5.74, 6) is 0.632. The highest BCUT2D eigenvalue weighted by molar-refractivity contribution is 7.12. The van der Waals surface area contributed by atoms with Crippen molar-refractivity contribution >= 4 is 17.1 Å². The summed E-state index contributed by atoms with van der Waals surface area (Å²) >= 11 is 1.57. The fraction of sp³-hybridized carbons (Fsp3) is 0.583. The lowest BCUT2D eigenvalue weighted by Crippen LogP contribution is -2.32. The van der Waals surface area contributed by atoms with E-state index >= 15 is 0 Å². The van der Waals surface area contributed by atoms with Crippen LogP contribution in [0.5, 0.6) is 0 Å². The third-order valence-corrected chi connectivity index (χ3v) is 4.15. The van der Waals surface area contributed by atoms with Gasteiger partial charge in [-0.25, -0.2) is 0 Å². The Balaban J connectivity index is 1.93. The zero-order valence-electron chi connectivity index (χ0n) is 9.03. The number of ketones is 1. The van der Waals surface area contributed by atoms with Crippen LogP contribution in [-0.2, 0) is 0 Å². The molecule has 0 aliphatic heterocycles. The quantitative estimate of drug-likeness (QED) is 0.798. The molecule has 82 valence electrons. The minimum Gasteiger partial charge on any atom is -0.317 e. The number of thiophene rings is 1. The lowest BCUT2D eigenvalue weighted by atomic mass is 9.83. The largest absolute Gasteiger partial charge is 0.317 e.